The van der Waals surface area contributed by atoms with Gasteiger partial charge < -0.3 is 240 Å². The van der Waals surface area contributed by atoms with Crippen molar-refractivity contribution in [3.05, 3.63) is 59.7 Å². The molecule has 2 aromatic carbocycles. The van der Waals surface area contributed by atoms with Gasteiger partial charge >= 0.3 is 12.1 Å². The number of carboxylic acids is 1. The fourth-order valence-electron chi connectivity index (χ4n) is 18.5. The Kier molecular flexibility index (Phi) is 38.7. The van der Waals surface area contributed by atoms with E-state index in [0.717, 1.165) is 49.9 Å². The lowest BCUT2D eigenvalue weighted by Crippen LogP contribution is -2.71. The van der Waals surface area contributed by atoms with Crippen molar-refractivity contribution >= 4 is 41.5 Å². The van der Waals surface area contributed by atoms with Crippen LogP contribution in [0.5, 0.6) is 0 Å². The molecule has 12 rings (SSSR count). The highest BCUT2D eigenvalue weighted by Gasteiger charge is 2.61. The largest absolute Gasteiger partial charge is 0.480 e. The molecule has 0 radical (unpaired) electrons. The average Bonchev–Trinajstić information content (AvgIpc) is 1.61. The maximum atomic E-state index is 14.0. The van der Waals surface area contributed by atoms with Gasteiger partial charge in [-0.15, -0.1) is 0 Å². The number of aliphatic carboxylic acids is 1. The number of carbonyl (C=O) groups excluding carboxylic acids is 6. The van der Waals surface area contributed by atoms with E-state index < -0.39 is 408 Å². The molecule has 0 aromatic heterocycles. The molecular weight excluding hydrogens is 1870 g/mol. The second-order valence-electron chi connectivity index (χ2n) is 35.0. The minimum absolute atomic E-state index is 0.243. The second kappa shape index (κ2) is 48.7. The number of Topliss-reactive ketones (excluding diaryl/α,β-unsaturated/α-hetero) is 1. The lowest BCUT2D eigenvalue weighted by atomic mass is 9.88. The lowest BCUT2D eigenvalue weighted by Gasteiger charge is -2.51. The van der Waals surface area contributed by atoms with Gasteiger partial charge in [0.25, 0.3) is 0 Å². The Morgan fingerprint density at radius 2 is 0.652 bits per heavy atom. The van der Waals surface area contributed by atoms with Crippen LogP contribution in [0.4, 0.5) is 4.79 Å². The summed E-state index contributed by atoms with van der Waals surface area (Å²) in [7, 11) is 0. The SMILES string of the molecule is CC(=O)NC1C(O)[C@H](O[C@@H]2OC(CO)[C@H](O)[C@H](O)C2O)[C@@H](CO)O[C@@H]1OCC1[C@H](OCC2O[C@@H](O[C@H]3C(CO)O[C@@H](O[C@H]4C(CO)O[C@@H](CC(=O)CC(NC(=O)OCC5c6ccccc6-c6ccccc65)C(=O)O)C(NC(C)=O)[C@H]4O)C(NC(C)=O)[C@H]3O)C(O)[C@@H](O[C@@H]3OC(CO)[C@H](O)C(O)C3O[C@@H]3OC(CO)[C@H](O[C@@H]4OC(CO)[C@H](O)[C@H](O)C4O)[C@H](O)C3NC(C)=O)[C@H]2O)OC(CO)[C@H](O)[C@@H]1O. The van der Waals surface area contributed by atoms with E-state index in [4.69, 9.17) is 85.3 Å². The maximum Gasteiger partial charge on any atom is 0.407 e. The summed E-state index contributed by atoms with van der Waals surface area (Å²) in [6.45, 7) is -7.42. The molecule has 0 spiro atoms. The van der Waals surface area contributed by atoms with E-state index in [1.807, 2.05) is 36.4 Å². The summed E-state index contributed by atoms with van der Waals surface area (Å²) in [5.74, 6) is -8.61. The first kappa shape index (κ1) is 110. The number of benzene rings is 2. The van der Waals surface area contributed by atoms with Crippen molar-refractivity contribution in [1.82, 2.24) is 26.6 Å². The summed E-state index contributed by atoms with van der Waals surface area (Å²) in [6, 6.07) is 5.28. The zero-order valence-corrected chi connectivity index (χ0v) is 74.3. The fraction of sp³-hybridized carbons (Fsp3) is 0.771. The van der Waals surface area contributed by atoms with E-state index in [2.05, 4.69) is 26.6 Å². The van der Waals surface area contributed by atoms with Crippen molar-refractivity contribution in [2.24, 2.45) is 5.92 Å². The van der Waals surface area contributed by atoms with Crippen LogP contribution in [0.15, 0.2) is 48.5 Å². The summed E-state index contributed by atoms with van der Waals surface area (Å²) in [6.07, 6.45) is -86.1. The summed E-state index contributed by atoms with van der Waals surface area (Å²) in [5.41, 5.74) is 3.46. The molecule has 10 aliphatic rings. The molecule has 138 heavy (non-hydrogen) atoms. The molecule has 0 bridgehead atoms. The Labute approximate surface area is 783 Å². The first-order valence-electron chi connectivity index (χ1n) is 44.4. The molecule has 780 valence electrons. The van der Waals surface area contributed by atoms with E-state index in [1.54, 1.807) is 12.1 Å². The van der Waals surface area contributed by atoms with Crippen LogP contribution in [-0.2, 0) is 114 Å². The third-order valence-corrected chi connectivity index (χ3v) is 25.6. The molecule has 9 aliphatic heterocycles. The number of carbonyl (C=O) groups is 7. The van der Waals surface area contributed by atoms with E-state index in [-0.39, 0.29) is 6.61 Å². The van der Waals surface area contributed by atoms with Crippen LogP contribution < -0.4 is 26.6 Å². The van der Waals surface area contributed by atoms with Crippen LogP contribution in [0, 0.1) is 5.92 Å². The molecule has 1 aliphatic carbocycles. The number of amides is 5. The first-order chi connectivity index (χ1) is 65.6. The quantitative estimate of drug-likeness (QED) is 0.0297. The molecule has 9 saturated heterocycles. The summed E-state index contributed by atoms with van der Waals surface area (Å²) >= 11 is 0. The molecule has 55 heteroatoms. The molecule has 46 atom stereocenters. The number of ketones is 1. The molecule has 20 unspecified atom stereocenters. The molecule has 55 nitrogen and oxygen atoms in total. The van der Waals surface area contributed by atoms with Crippen LogP contribution in [0.3, 0.4) is 0 Å². The van der Waals surface area contributed by atoms with Crippen LogP contribution in [0.25, 0.3) is 11.1 Å². The number of fused-ring (bicyclic) bond motifs is 3. The number of nitrogens with one attached hydrogen (secondary N) is 5. The third-order valence-electron chi connectivity index (χ3n) is 25.6. The molecule has 9 heterocycles. The van der Waals surface area contributed by atoms with Crippen LogP contribution in [0.2, 0.25) is 0 Å². The van der Waals surface area contributed by atoms with Gasteiger partial charge in [-0.05, 0) is 22.3 Å². The van der Waals surface area contributed by atoms with E-state index in [1.165, 1.54) is 0 Å². The molecule has 0 saturated carbocycles. The second-order valence-corrected chi connectivity index (χ2v) is 35.0. The number of carboxylic acid groups (broad SMARTS) is 1. The van der Waals surface area contributed by atoms with Crippen LogP contribution in [-0.4, -0.2) is 518 Å². The van der Waals surface area contributed by atoms with Crippen molar-refractivity contribution in [3.8, 4) is 11.1 Å². The smallest absolute Gasteiger partial charge is 0.407 e. The predicted molar refractivity (Wildman–Crippen MR) is 440 cm³/mol. The minimum Gasteiger partial charge on any atom is -0.480 e. The highest BCUT2D eigenvalue weighted by Crippen LogP contribution is 2.46. The normalized spacial score (nSPS) is 42.4. The average molecular weight is 1990 g/mol. The molecule has 9 fully saturated rings. The summed E-state index contributed by atoms with van der Waals surface area (Å²) < 4.78 is 108. The molecular formula is C83H123N5O50. The minimum atomic E-state index is -2.62. The van der Waals surface area contributed by atoms with Crippen LogP contribution in [0.1, 0.15) is 57.6 Å². The Morgan fingerprint density at radius 3 is 1.09 bits per heavy atom. The number of rotatable bonds is 38. The van der Waals surface area contributed by atoms with Gasteiger partial charge in [0.2, 0.25) is 23.6 Å². The van der Waals surface area contributed by atoms with Gasteiger partial charge in [-0.2, -0.15) is 0 Å². The molecule has 30 N–H and O–H groups in total. The lowest BCUT2D eigenvalue weighted by molar-refractivity contribution is -0.397. The highest BCUT2D eigenvalue weighted by atomic mass is 16.8. The van der Waals surface area contributed by atoms with Gasteiger partial charge in [0.15, 0.2) is 50.3 Å². The van der Waals surface area contributed by atoms with Gasteiger partial charge in [0.1, 0.15) is 220 Å². The van der Waals surface area contributed by atoms with Crippen molar-refractivity contribution in [1.29, 1.82) is 0 Å². The number of alkyl carbamates (subject to hydrolysis) is 1. The van der Waals surface area contributed by atoms with Crippen molar-refractivity contribution in [2.45, 2.75) is 322 Å². The Bertz CT molecular complexity index is 4270. The van der Waals surface area contributed by atoms with Gasteiger partial charge in [0, 0.05) is 46.5 Å². The number of hydrogen-bond acceptors (Lipinski definition) is 49. The van der Waals surface area contributed by atoms with Gasteiger partial charge in [-0.1, -0.05) is 48.5 Å². The van der Waals surface area contributed by atoms with Gasteiger partial charge in [0.05, 0.1) is 90.2 Å². The first-order valence-corrected chi connectivity index (χ1v) is 44.4. The van der Waals surface area contributed by atoms with E-state index >= 15 is 0 Å². The van der Waals surface area contributed by atoms with Crippen molar-refractivity contribution < 1.29 is 246 Å². The Morgan fingerprint density at radius 1 is 0.312 bits per heavy atom. The van der Waals surface area contributed by atoms with Crippen LogP contribution >= 0.6 is 0 Å². The Hall–Kier alpha value is -6.91. The number of aliphatic hydroxyl groups is 24. The van der Waals surface area contributed by atoms with Crippen molar-refractivity contribution in [3.63, 3.8) is 0 Å². The van der Waals surface area contributed by atoms with E-state index in [9.17, 15) is 161 Å². The zero-order valence-electron chi connectivity index (χ0n) is 74.3. The number of ether oxygens (including phenoxy) is 18. The van der Waals surface area contributed by atoms with E-state index in [0.29, 0.717) is 0 Å². The predicted octanol–water partition coefficient (Wildman–Crippen LogP) is -16.4. The summed E-state index contributed by atoms with van der Waals surface area (Å²) in [4.78, 5) is 92.3. The summed E-state index contributed by atoms with van der Waals surface area (Å²) in [5, 5.41) is 292. The fourth-order valence-corrected chi connectivity index (χ4v) is 18.5. The van der Waals surface area contributed by atoms with Gasteiger partial charge in [-0.3, -0.25) is 24.0 Å². The van der Waals surface area contributed by atoms with Crippen molar-refractivity contribution in [2.75, 3.05) is 72.7 Å². The maximum absolute atomic E-state index is 14.0. The topological polar surface area (TPSA) is 852 Å². The monoisotopic (exact) mass is 1990 g/mol. The standard InChI is InChI=1S/C83H123N5O50/c1-26(97)84-48-38(14-30(101)13-37(74(118)119)88-83(120)123-23-35-33-11-7-5-9-31(33)32-10-6-8-12-34(32)35)124-43(19-93)68(58(48)108)133-77-50(86-28(3)99)60(110)71(46(22-96)130-77)136-81-67(117)72(137-82-73(64(114)56(106)42(18-92)128-82)138-78-51(87-29(4)100)61(111)70(45(21-95)131-78)135-80-66(116)63(113)55(105)41(17-91)127-80)57(107)47(132-81)25-122-75-36(52(102)53(103)39(15-89)125-75)24-121-76-49(85-27(2)98)59(109)69(44(20-94)129-76)134-79-65(115)62(112)54(104)40(16-90)126-79/h5-12,35-73,75-82,89-96,102-117H,13-25H2,1-4H3,(H,84,97)(H,85,98)(H,86,99)(H,87,100)(H,88,120)(H,118,119)/t36?,37?,38-,39?,40?,41?,42?,43?,44+,45?,46?,47?,48?,49?,50?,51?,52+,53-,54-,55-,56-,57-,58+,59?,60+,61+,62-,63-,64?,65?,66?,67?,68-,69+,70-,71-,72-,73?,75+,76-,77-,78-,79-,80-,81-,82-/m0/s1. The Balaban J connectivity index is 0.813. The highest BCUT2D eigenvalue weighted by molar-refractivity contribution is 5.88. The molecule has 5 amide bonds. The third kappa shape index (κ3) is 24.5. The van der Waals surface area contributed by atoms with Gasteiger partial charge in [-0.25, -0.2) is 9.59 Å². The zero-order chi connectivity index (χ0) is 101. The number of aliphatic hydroxyl groups excluding tert-OH is 24. The number of hydrogen-bond donors (Lipinski definition) is 30. The molecule has 2 aromatic rings.